The van der Waals surface area contributed by atoms with Crippen molar-refractivity contribution in [3.05, 3.63) is 53.9 Å². The van der Waals surface area contributed by atoms with Gasteiger partial charge in [-0.1, -0.05) is 0 Å². The van der Waals surface area contributed by atoms with Crippen LogP contribution in [0.1, 0.15) is 17.5 Å². The Bertz CT molecular complexity index is 1060. The standard InChI is InChI=1S/C21H26N4O6S/c1-15-12-17(4-5-18(15)30-2)32(28,29)25-10-3-11-31-19(25)14-24-21(27)20(26)23-13-16-6-8-22-9-7-16/h4-9,12,19H,3,10-11,13-14H2,1-2H3,(H,23,26)(H,24,27)/t19-/m0/s1. The Hall–Kier alpha value is -3.02. The fraction of sp³-hybridized carbons (Fsp3) is 0.381. The van der Waals surface area contributed by atoms with Crippen molar-refractivity contribution >= 4 is 21.8 Å². The maximum absolute atomic E-state index is 13.2. The number of nitrogens with zero attached hydrogens (tertiary/aromatic N) is 2. The van der Waals surface area contributed by atoms with Crippen LogP contribution in [-0.2, 0) is 30.9 Å². The summed E-state index contributed by atoms with van der Waals surface area (Å²) in [5.74, 6) is -1.11. The molecule has 1 aromatic carbocycles. The lowest BCUT2D eigenvalue weighted by molar-refractivity contribution is -0.140. The van der Waals surface area contributed by atoms with Gasteiger partial charge < -0.3 is 20.1 Å². The van der Waals surface area contributed by atoms with Gasteiger partial charge in [0.15, 0.2) is 0 Å². The van der Waals surface area contributed by atoms with Gasteiger partial charge in [-0.05, 0) is 54.8 Å². The normalized spacial score (nSPS) is 16.9. The van der Waals surface area contributed by atoms with Crippen LogP contribution < -0.4 is 15.4 Å². The molecule has 3 rings (SSSR count). The van der Waals surface area contributed by atoms with Gasteiger partial charge in [0.2, 0.25) is 10.0 Å². The van der Waals surface area contributed by atoms with Crippen molar-refractivity contribution in [3.63, 3.8) is 0 Å². The highest BCUT2D eigenvalue weighted by molar-refractivity contribution is 7.89. The first-order valence-electron chi connectivity index (χ1n) is 10.1. The second-order valence-corrected chi connectivity index (χ2v) is 9.06. The number of benzene rings is 1. The van der Waals surface area contributed by atoms with E-state index in [1.54, 1.807) is 37.5 Å². The number of sulfonamides is 1. The molecule has 172 valence electrons. The van der Waals surface area contributed by atoms with Gasteiger partial charge in [-0.25, -0.2) is 8.42 Å². The Kier molecular flexibility index (Phi) is 7.78. The SMILES string of the molecule is COc1ccc(S(=O)(=O)N2CCCO[C@H]2CNC(=O)C(=O)NCc2ccncc2)cc1C. The van der Waals surface area contributed by atoms with E-state index in [1.807, 2.05) is 0 Å². The van der Waals surface area contributed by atoms with Crippen molar-refractivity contribution < 1.29 is 27.5 Å². The molecular formula is C21H26N4O6S. The van der Waals surface area contributed by atoms with Crippen LogP contribution in [0.2, 0.25) is 0 Å². The van der Waals surface area contributed by atoms with Crippen LogP contribution >= 0.6 is 0 Å². The first-order chi connectivity index (χ1) is 15.3. The smallest absolute Gasteiger partial charge is 0.309 e. The zero-order chi connectivity index (χ0) is 23.1. The molecule has 0 bridgehead atoms. The summed E-state index contributed by atoms with van der Waals surface area (Å²) in [5.41, 5.74) is 1.48. The minimum Gasteiger partial charge on any atom is -0.496 e. The molecule has 1 aliphatic heterocycles. The van der Waals surface area contributed by atoms with Crippen LogP contribution in [0.25, 0.3) is 0 Å². The van der Waals surface area contributed by atoms with E-state index < -0.39 is 28.1 Å². The summed E-state index contributed by atoms with van der Waals surface area (Å²) in [6.45, 7) is 2.36. The van der Waals surface area contributed by atoms with E-state index in [0.717, 1.165) is 5.56 Å². The molecule has 0 unspecified atom stereocenters. The summed E-state index contributed by atoms with van der Waals surface area (Å²) in [5, 5.41) is 4.96. The molecule has 2 amide bonds. The van der Waals surface area contributed by atoms with Crippen molar-refractivity contribution in [1.29, 1.82) is 0 Å². The average molecular weight is 463 g/mol. The lowest BCUT2D eigenvalue weighted by Crippen LogP contribution is -2.53. The highest BCUT2D eigenvalue weighted by Gasteiger charge is 2.35. The van der Waals surface area contributed by atoms with Crippen LogP contribution in [0, 0.1) is 6.92 Å². The Balaban J connectivity index is 1.63. The van der Waals surface area contributed by atoms with E-state index in [0.29, 0.717) is 24.3 Å². The highest BCUT2D eigenvalue weighted by atomic mass is 32.2. The van der Waals surface area contributed by atoms with Gasteiger partial charge in [-0.2, -0.15) is 4.31 Å². The minimum absolute atomic E-state index is 0.104. The summed E-state index contributed by atoms with van der Waals surface area (Å²) in [6.07, 6.45) is 2.77. The van der Waals surface area contributed by atoms with Gasteiger partial charge in [0.1, 0.15) is 12.0 Å². The van der Waals surface area contributed by atoms with Crippen LogP contribution in [0.3, 0.4) is 0 Å². The molecule has 2 heterocycles. The van der Waals surface area contributed by atoms with E-state index in [2.05, 4.69) is 15.6 Å². The number of ether oxygens (including phenoxy) is 2. The first-order valence-corrected chi connectivity index (χ1v) is 11.5. The quantitative estimate of drug-likeness (QED) is 0.576. The molecule has 32 heavy (non-hydrogen) atoms. The molecule has 0 radical (unpaired) electrons. The number of rotatable bonds is 7. The minimum atomic E-state index is -3.88. The number of amides is 2. The zero-order valence-electron chi connectivity index (χ0n) is 17.9. The number of methoxy groups -OCH3 is 1. The van der Waals surface area contributed by atoms with Crippen LogP contribution in [0.4, 0.5) is 0 Å². The third kappa shape index (κ3) is 5.61. The molecular weight excluding hydrogens is 436 g/mol. The highest BCUT2D eigenvalue weighted by Crippen LogP contribution is 2.26. The molecule has 11 heteroatoms. The second kappa shape index (κ2) is 10.5. The van der Waals surface area contributed by atoms with Crippen LogP contribution in [0.15, 0.2) is 47.6 Å². The zero-order valence-corrected chi connectivity index (χ0v) is 18.7. The number of pyridine rings is 1. The summed E-state index contributed by atoms with van der Waals surface area (Å²) >= 11 is 0. The predicted octanol–water partition coefficient (Wildman–Crippen LogP) is 0.568. The molecule has 0 saturated carbocycles. The Labute approximate surface area is 187 Å². The van der Waals surface area contributed by atoms with Crippen molar-refractivity contribution in [2.45, 2.75) is 31.0 Å². The van der Waals surface area contributed by atoms with Crippen LogP contribution in [0.5, 0.6) is 5.75 Å². The first kappa shape index (κ1) is 23.6. The van der Waals surface area contributed by atoms with Crippen molar-refractivity contribution in [3.8, 4) is 5.75 Å². The number of hydrogen-bond acceptors (Lipinski definition) is 7. The van der Waals surface area contributed by atoms with Crippen LogP contribution in [-0.4, -0.2) is 62.6 Å². The number of aromatic nitrogens is 1. The third-order valence-corrected chi connectivity index (χ3v) is 6.86. The van der Waals surface area contributed by atoms with E-state index in [-0.39, 0.29) is 24.5 Å². The van der Waals surface area contributed by atoms with Gasteiger partial charge in [0.25, 0.3) is 0 Å². The summed E-state index contributed by atoms with van der Waals surface area (Å²) in [4.78, 5) is 28.2. The van der Waals surface area contributed by atoms with Gasteiger partial charge in [0, 0.05) is 25.5 Å². The lowest BCUT2D eigenvalue weighted by atomic mass is 10.2. The van der Waals surface area contributed by atoms with Gasteiger partial charge in [-0.15, -0.1) is 0 Å². The molecule has 1 fully saturated rings. The molecule has 2 N–H and O–H groups in total. The average Bonchev–Trinajstić information content (AvgIpc) is 2.81. The Morgan fingerprint density at radius 2 is 1.91 bits per heavy atom. The fourth-order valence-electron chi connectivity index (χ4n) is 3.27. The van der Waals surface area contributed by atoms with E-state index in [4.69, 9.17) is 9.47 Å². The molecule has 1 aromatic heterocycles. The second-order valence-electron chi connectivity index (χ2n) is 7.17. The molecule has 2 aromatic rings. The van der Waals surface area contributed by atoms with E-state index >= 15 is 0 Å². The monoisotopic (exact) mass is 462 g/mol. The maximum Gasteiger partial charge on any atom is 0.309 e. The topological polar surface area (TPSA) is 127 Å². The van der Waals surface area contributed by atoms with Crippen molar-refractivity contribution in [2.75, 3.05) is 26.8 Å². The van der Waals surface area contributed by atoms with Gasteiger partial charge >= 0.3 is 11.8 Å². The maximum atomic E-state index is 13.2. The molecule has 1 atom stereocenters. The number of nitrogens with one attached hydrogen (secondary N) is 2. The Morgan fingerprint density at radius 1 is 1.19 bits per heavy atom. The summed E-state index contributed by atoms with van der Waals surface area (Å²) in [7, 11) is -2.36. The predicted molar refractivity (Wildman–Crippen MR) is 115 cm³/mol. The summed E-state index contributed by atoms with van der Waals surface area (Å²) in [6, 6.07) is 8.04. The molecule has 0 spiro atoms. The van der Waals surface area contributed by atoms with Gasteiger partial charge in [0.05, 0.1) is 25.2 Å². The van der Waals surface area contributed by atoms with E-state index in [9.17, 15) is 18.0 Å². The molecule has 1 saturated heterocycles. The number of aryl methyl sites for hydroxylation is 1. The lowest BCUT2D eigenvalue weighted by Gasteiger charge is -2.34. The summed E-state index contributed by atoms with van der Waals surface area (Å²) < 4.78 is 38.4. The third-order valence-electron chi connectivity index (χ3n) is 4.97. The van der Waals surface area contributed by atoms with E-state index in [1.165, 1.54) is 23.5 Å². The Morgan fingerprint density at radius 3 is 2.59 bits per heavy atom. The number of carbonyl (C=O) groups is 2. The number of hydrogen-bond donors (Lipinski definition) is 2. The largest absolute Gasteiger partial charge is 0.496 e. The van der Waals surface area contributed by atoms with Crippen molar-refractivity contribution in [1.82, 2.24) is 19.9 Å². The molecule has 10 nitrogen and oxygen atoms in total. The fourth-order valence-corrected chi connectivity index (χ4v) is 4.92. The molecule has 1 aliphatic rings. The molecule has 0 aliphatic carbocycles. The van der Waals surface area contributed by atoms with Crippen molar-refractivity contribution in [2.24, 2.45) is 0 Å². The van der Waals surface area contributed by atoms with Gasteiger partial charge in [-0.3, -0.25) is 14.6 Å². The number of carbonyl (C=O) groups excluding carboxylic acids is 2.